The van der Waals surface area contributed by atoms with Crippen molar-refractivity contribution in [1.29, 1.82) is 0 Å². The van der Waals surface area contributed by atoms with Crippen molar-refractivity contribution in [3.05, 3.63) is 59.4 Å². The van der Waals surface area contributed by atoms with E-state index in [2.05, 4.69) is 5.32 Å². The number of benzene rings is 2. The topological polar surface area (TPSA) is 77.0 Å². The predicted molar refractivity (Wildman–Crippen MR) is 93.9 cm³/mol. The number of hydrogen-bond donors (Lipinski definition) is 2. The summed E-state index contributed by atoms with van der Waals surface area (Å²) in [4.78, 5) is 12.0. The number of aliphatic hydroxyl groups excluding tert-OH is 1. The molecule has 0 saturated heterocycles. The number of rotatable bonds is 9. The summed E-state index contributed by atoms with van der Waals surface area (Å²) in [5.74, 6) is -0.222. The van der Waals surface area contributed by atoms with E-state index in [-0.39, 0.29) is 18.7 Å². The van der Waals surface area contributed by atoms with E-state index >= 15 is 0 Å². The number of amides is 1. The van der Waals surface area contributed by atoms with Crippen LogP contribution in [0.15, 0.2) is 42.5 Å². The molecule has 0 aliphatic carbocycles. The van der Waals surface area contributed by atoms with Crippen molar-refractivity contribution in [3.63, 3.8) is 0 Å². The maximum atomic E-state index is 13.8. The van der Waals surface area contributed by atoms with Crippen LogP contribution >= 0.6 is 0 Å². The van der Waals surface area contributed by atoms with Gasteiger partial charge in [0.25, 0.3) is 5.91 Å². The minimum Gasteiger partial charge on any atom is -0.497 e. The molecule has 6 nitrogen and oxygen atoms in total. The van der Waals surface area contributed by atoms with E-state index in [1.807, 2.05) is 24.3 Å². The SMILES string of the molecule is COc1ccc(COCC(O)CNC(=O)c2ccc(OC)cc2F)cc1. The number of ether oxygens (including phenoxy) is 3. The summed E-state index contributed by atoms with van der Waals surface area (Å²) in [6.07, 6.45) is -0.904. The summed E-state index contributed by atoms with van der Waals surface area (Å²) in [6, 6.07) is 11.3. The van der Waals surface area contributed by atoms with Crippen LogP contribution in [0.2, 0.25) is 0 Å². The van der Waals surface area contributed by atoms with E-state index in [1.165, 1.54) is 19.2 Å². The monoisotopic (exact) mass is 363 g/mol. The van der Waals surface area contributed by atoms with Crippen LogP contribution < -0.4 is 14.8 Å². The highest BCUT2D eigenvalue weighted by Crippen LogP contribution is 2.16. The van der Waals surface area contributed by atoms with Crippen LogP contribution in [-0.4, -0.2) is 44.5 Å². The zero-order valence-electron chi connectivity index (χ0n) is 14.7. The lowest BCUT2D eigenvalue weighted by molar-refractivity contribution is 0.0285. The lowest BCUT2D eigenvalue weighted by Crippen LogP contribution is -2.34. The third-order valence-corrected chi connectivity index (χ3v) is 3.66. The van der Waals surface area contributed by atoms with Crippen LogP contribution in [0.3, 0.4) is 0 Å². The lowest BCUT2D eigenvalue weighted by atomic mass is 10.2. The Labute approximate surface area is 151 Å². The second-order valence-electron chi connectivity index (χ2n) is 5.57. The van der Waals surface area contributed by atoms with Gasteiger partial charge in [0.2, 0.25) is 0 Å². The fourth-order valence-electron chi connectivity index (χ4n) is 2.21. The summed E-state index contributed by atoms with van der Waals surface area (Å²) in [5, 5.41) is 12.4. The molecule has 1 unspecified atom stereocenters. The van der Waals surface area contributed by atoms with E-state index in [0.717, 1.165) is 17.4 Å². The molecule has 2 aromatic rings. The molecule has 0 heterocycles. The number of nitrogens with one attached hydrogen (secondary N) is 1. The Hall–Kier alpha value is -2.64. The zero-order chi connectivity index (χ0) is 18.9. The molecule has 2 aromatic carbocycles. The molecule has 7 heteroatoms. The number of hydrogen-bond acceptors (Lipinski definition) is 5. The molecule has 140 valence electrons. The molecule has 0 fully saturated rings. The maximum absolute atomic E-state index is 13.8. The quantitative estimate of drug-likeness (QED) is 0.714. The average Bonchev–Trinajstić information content (AvgIpc) is 2.66. The summed E-state index contributed by atoms with van der Waals surface area (Å²) in [6.45, 7) is 0.312. The minimum absolute atomic E-state index is 0.0391. The molecule has 26 heavy (non-hydrogen) atoms. The second-order valence-corrected chi connectivity index (χ2v) is 5.57. The first-order chi connectivity index (χ1) is 12.5. The Balaban J connectivity index is 1.73. The third kappa shape index (κ3) is 5.72. The van der Waals surface area contributed by atoms with Crippen LogP contribution in [0.4, 0.5) is 4.39 Å². The van der Waals surface area contributed by atoms with Gasteiger partial charge in [0.05, 0.1) is 39.1 Å². The van der Waals surface area contributed by atoms with Gasteiger partial charge in [-0.05, 0) is 29.8 Å². The Morgan fingerprint density at radius 1 is 1.12 bits per heavy atom. The molecule has 0 radical (unpaired) electrons. The van der Waals surface area contributed by atoms with Gasteiger partial charge in [0.1, 0.15) is 17.3 Å². The number of carbonyl (C=O) groups excluding carboxylic acids is 1. The number of methoxy groups -OCH3 is 2. The van der Waals surface area contributed by atoms with Crippen molar-refractivity contribution in [2.75, 3.05) is 27.4 Å². The Kier molecular flexibility index (Phi) is 7.37. The van der Waals surface area contributed by atoms with Crippen LogP contribution in [0.1, 0.15) is 15.9 Å². The van der Waals surface area contributed by atoms with Gasteiger partial charge in [-0.2, -0.15) is 0 Å². The fourth-order valence-corrected chi connectivity index (χ4v) is 2.21. The van der Waals surface area contributed by atoms with Gasteiger partial charge in [-0.3, -0.25) is 4.79 Å². The summed E-state index contributed by atoms with van der Waals surface area (Å²) in [5.41, 5.74) is 0.819. The molecule has 0 spiro atoms. The standard InChI is InChI=1S/C19H22FNO5/c1-24-15-5-3-13(4-6-15)11-26-12-14(22)10-21-19(23)17-8-7-16(25-2)9-18(17)20/h3-9,14,22H,10-12H2,1-2H3,(H,21,23). The Morgan fingerprint density at radius 2 is 1.77 bits per heavy atom. The van der Waals surface area contributed by atoms with Crippen molar-refractivity contribution in [1.82, 2.24) is 5.32 Å². The van der Waals surface area contributed by atoms with Crippen LogP contribution in [-0.2, 0) is 11.3 Å². The maximum Gasteiger partial charge on any atom is 0.254 e. The Bertz CT molecular complexity index is 720. The molecule has 2 rings (SSSR count). The van der Waals surface area contributed by atoms with Gasteiger partial charge in [0.15, 0.2) is 0 Å². The van der Waals surface area contributed by atoms with Crippen molar-refractivity contribution in [3.8, 4) is 11.5 Å². The summed E-state index contributed by atoms with van der Waals surface area (Å²) >= 11 is 0. The number of carbonyl (C=O) groups is 1. The first-order valence-corrected chi connectivity index (χ1v) is 8.04. The van der Waals surface area contributed by atoms with E-state index in [0.29, 0.717) is 12.4 Å². The van der Waals surface area contributed by atoms with Gasteiger partial charge < -0.3 is 24.6 Å². The fraction of sp³-hybridized carbons (Fsp3) is 0.316. The molecule has 0 aliphatic rings. The normalized spacial score (nSPS) is 11.7. The van der Waals surface area contributed by atoms with Gasteiger partial charge >= 0.3 is 0 Å². The minimum atomic E-state index is -0.904. The highest BCUT2D eigenvalue weighted by atomic mass is 19.1. The van der Waals surface area contributed by atoms with Crippen LogP contribution in [0.25, 0.3) is 0 Å². The molecule has 0 aliphatic heterocycles. The van der Waals surface area contributed by atoms with Crippen LogP contribution in [0, 0.1) is 5.82 Å². The van der Waals surface area contributed by atoms with E-state index in [1.54, 1.807) is 7.11 Å². The molecular formula is C19H22FNO5. The largest absolute Gasteiger partial charge is 0.497 e. The molecule has 0 aromatic heterocycles. The molecular weight excluding hydrogens is 341 g/mol. The molecule has 1 atom stereocenters. The first kappa shape index (κ1) is 19.7. The Morgan fingerprint density at radius 3 is 2.38 bits per heavy atom. The third-order valence-electron chi connectivity index (χ3n) is 3.66. The molecule has 1 amide bonds. The number of halogens is 1. The predicted octanol–water partition coefficient (Wildman–Crippen LogP) is 2.15. The summed E-state index contributed by atoms with van der Waals surface area (Å²) < 4.78 is 29.2. The average molecular weight is 363 g/mol. The molecule has 0 saturated carbocycles. The van der Waals surface area contributed by atoms with Crippen molar-refractivity contribution in [2.24, 2.45) is 0 Å². The van der Waals surface area contributed by atoms with E-state index < -0.39 is 17.8 Å². The first-order valence-electron chi connectivity index (χ1n) is 8.04. The zero-order valence-corrected chi connectivity index (χ0v) is 14.7. The van der Waals surface area contributed by atoms with Crippen molar-refractivity contribution in [2.45, 2.75) is 12.7 Å². The lowest BCUT2D eigenvalue weighted by Gasteiger charge is -2.13. The van der Waals surface area contributed by atoms with Crippen LogP contribution in [0.5, 0.6) is 11.5 Å². The van der Waals surface area contributed by atoms with E-state index in [4.69, 9.17) is 14.2 Å². The highest BCUT2D eigenvalue weighted by Gasteiger charge is 2.14. The van der Waals surface area contributed by atoms with Crippen molar-refractivity contribution < 1.29 is 28.5 Å². The molecule has 2 N–H and O–H groups in total. The van der Waals surface area contributed by atoms with Gasteiger partial charge in [-0.15, -0.1) is 0 Å². The van der Waals surface area contributed by atoms with Gasteiger partial charge in [0, 0.05) is 12.6 Å². The van der Waals surface area contributed by atoms with Gasteiger partial charge in [-0.25, -0.2) is 4.39 Å². The second kappa shape index (κ2) is 9.74. The van der Waals surface area contributed by atoms with Gasteiger partial charge in [-0.1, -0.05) is 12.1 Å². The smallest absolute Gasteiger partial charge is 0.254 e. The van der Waals surface area contributed by atoms with Crippen molar-refractivity contribution >= 4 is 5.91 Å². The highest BCUT2D eigenvalue weighted by molar-refractivity contribution is 5.94. The van der Waals surface area contributed by atoms with E-state index in [9.17, 15) is 14.3 Å². The number of aliphatic hydroxyl groups is 1. The molecule has 0 bridgehead atoms. The summed E-state index contributed by atoms with van der Waals surface area (Å²) in [7, 11) is 3.00.